The van der Waals surface area contributed by atoms with Gasteiger partial charge in [-0.2, -0.15) is 0 Å². The van der Waals surface area contributed by atoms with Gasteiger partial charge in [-0.3, -0.25) is 20.4 Å². The number of pyridine rings is 1. The number of rotatable bonds is 5. The van der Waals surface area contributed by atoms with E-state index in [-0.39, 0.29) is 12.3 Å². The van der Waals surface area contributed by atoms with Crippen molar-refractivity contribution in [1.82, 2.24) is 15.8 Å². The number of nitrogens with one attached hydrogen (secondary N) is 2. The fourth-order valence-electron chi connectivity index (χ4n) is 3.04. The number of nitrogen functional groups attached to an aromatic ring is 1. The molecule has 0 radical (unpaired) electrons. The Morgan fingerprint density at radius 3 is 2.71 bits per heavy atom. The topological polar surface area (TPSA) is 106 Å². The number of aryl methyl sites for hydroxylation is 3. The molecule has 7 nitrogen and oxygen atoms in total. The highest BCUT2D eigenvalue weighted by molar-refractivity contribution is 7.21. The van der Waals surface area contributed by atoms with E-state index in [0.29, 0.717) is 21.8 Å². The zero-order valence-corrected chi connectivity index (χ0v) is 16.8. The van der Waals surface area contributed by atoms with E-state index in [1.165, 1.54) is 11.3 Å². The number of benzene rings is 1. The summed E-state index contributed by atoms with van der Waals surface area (Å²) in [6, 6.07) is 9.43. The molecule has 3 aromatic rings. The molecule has 8 heteroatoms. The summed E-state index contributed by atoms with van der Waals surface area (Å²) in [6.07, 6.45) is 0.710. The van der Waals surface area contributed by atoms with Crippen LogP contribution < -0.4 is 21.3 Å². The van der Waals surface area contributed by atoms with Gasteiger partial charge in [-0.15, -0.1) is 11.3 Å². The van der Waals surface area contributed by atoms with E-state index in [1.807, 2.05) is 44.2 Å². The van der Waals surface area contributed by atoms with Crippen molar-refractivity contribution in [3.05, 3.63) is 52.0 Å². The number of nitrogens with two attached hydrogens (primary N) is 1. The van der Waals surface area contributed by atoms with Gasteiger partial charge in [0.1, 0.15) is 15.5 Å². The van der Waals surface area contributed by atoms with Crippen molar-refractivity contribution < 1.29 is 14.3 Å². The lowest BCUT2D eigenvalue weighted by molar-refractivity contribution is -0.121. The van der Waals surface area contributed by atoms with Gasteiger partial charge in [0, 0.05) is 17.5 Å². The molecular weight excluding hydrogens is 376 g/mol. The first-order valence-electron chi connectivity index (χ1n) is 8.78. The smallest absolute Gasteiger partial charge is 0.281 e. The number of ether oxygens (including phenoxy) is 1. The fraction of sp³-hybridized carbons (Fsp3) is 0.250. The second-order valence-electron chi connectivity index (χ2n) is 6.42. The van der Waals surface area contributed by atoms with Crippen LogP contribution in [-0.4, -0.2) is 23.9 Å². The lowest BCUT2D eigenvalue weighted by Gasteiger charge is -2.09. The fourth-order valence-corrected chi connectivity index (χ4v) is 4.15. The molecule has 2 heterocycles. The molecule has 0 atom stereocenters. The number of fused-ring (bicyclic) bond motifs is 1. The van der Waals surface area contributed by atoms with Crippen LogP contribution in [-0.2, 0) is 11.2 Å². The molecule has 2 aromatic heterocycles. The maximum atomic E-state index is 12.5. The number of thiophene rings is 1. The molecule has 2 amide bonds. The van der Waals surface area contributed by atoms with Gasteiger partial charge in [0.15, 0.2) is 0 Å². The number of amides is 2. The van der Waals surface area contributed by atoms with Crippen molar-refractivity contribution in [3.63, 3.8) is 0 Å². The predicted octanol–water partition coefficient (Wildman–Crippen LogP) is 2.90. The Hall–Kier alpha value is -3.13. The SMILES string of the molecule is COc1ccccc1CCC(=O)NNC(=O)c1sc2nc(C)cc(C)c2c1N. The Morgan fingerprint density at radius 2 is 1.96 bits per heavy atom. The average molecular weight is 398 g/mol. The van der Waals surface area contributed by atoms with Crippen LogP contribution in [0.15, 0.2) is 30.3 Å². The van der Waals surface area contributed by atoms with Crippen molar-refractivity contribution in [2.45, 2.75) is 26.7 Å². The molecule has 1 aromatic carbocycles. The third kappa shape index (κ3) is 4.07. The van der Waals surface area contributed by atoms with Crippen molar-refractivity contribution in [1.29, 1.82) is 0 Å². The maximum absolute atomic E-state index is 12.5. The summed E-state index contributed by atoms with van der Waals surface area (Å²) in [6.45, 7) is 3.82. The molecule has 0 bridgehead atoms. The Labute approximate surface area is 166 Å². The van der Waals surface area contributed by atoms with E-state index >= 15 is 0 Å². The molecule has 0 aliphatic rings. The summed E-state index contributed by atoms with van der Waals surface area (Å²) in [5, 5.41) is 0.781. The maximum Gasteiger partial charge on any atom is 0.281 e. The number of hydrazine groups is 1. The van der Waals surface area contributed by atoms with Gasteiger partial charge < -0.3 is 10.5 Å². The third-order valence-electron chi connectivity index (χ3n) is 4.36. The van der Waals surface area contributed by atoms with Crippen LogP contribution in [0.2, 0.25) is 0 Å². The normalized spacial score (nSPS) is 10.7. The number of carbonyl (C=O) groups excluding carboxylic acids is 2. The molecule has 0 saturated heterocycles. The van der Waals surface area contributed by atoms with Gasteiger partial charge in [0.2, 0.25) is 5.91 Å². The standard InChI is InChI=1S/C20H22N4O3S/c1-11-10-12(2)22-20-16(11)17(21)18(28-20)19(26)24-23-15(25)9-8-13-6-4-5-7-14(13)27-3/h4-7,10H,8-9,21H2,1-3H3,(H,23,25)(H,24,26). The molecule has 146 valence electrons. The predicted molar refractivity (Wildman–Crippen MR) is 110 cm³/mol. The minimum absolute atomic E-state index is 0.211. The molecule has 0 aliphatic carbocycles. The quantitative estimate of drug-likeness (QED) is 0.573. The highest BCUT2D eigenvalue weighted by atomic mass is 32.1. The number of carbonyl (C=O) groups is 2. The van der Waals surface area contributed by atoms with E-state index in [2.05, 4.69) is 15.8 Å². The summed E-state index contributed by atoms with van der Waals surface area (Å²) >= 11 is 1.21. The lowest BCUT2D eigenvalue weighted by Crippen LogP contribution is -2.41. The number of hydrogen-bond donors (Lipinski definition) is 3. The van der Waals surface area contributed by atoms with Crippen LogP contribution in [0.1, 0.15) is 32.9 Å². The number of nitrogens with zero attached hydrogens (tertiary/aromatic N) is 1. The second-order valence-corrected chi connectivity index (χ2v) is 7.42. The largest absolute Gasteiger partial charge is 0.496 e. The van der Waals surface area contributed by atoms with Gasteiger partial charge >= 0.3 is 0 Å². The number of hydrogen-bond acceptors (Lipinski definition) is 6. The summed E-state index contributed by atoms with van der Waals surface area (Å²) < 4.78 is 5.27. The monoisotopic (exact) mass is 398 g/mol. The lowest BCUT2D eigenvalue weighted by atomic mass is 10.1. The second kappa shape index (κ2) is 8.26. The highest BCUT2D eigenvalue weighted by Gasteiger charge is 2.19. The molecular formula is C20H22N4O3S. The third-order valence-corrected chi connectivity index (χ3v) is 5.46. The molecule has 0 spiro atoms. The zero-order valence-electron chi connectivity index (χ0n) is 16.0. The molecule has 28 heavy (non-hydrogen) atoms. The summed E-state index contributed by atoms with van der Waals surface area (Å²) in [4.78, 5) is 30.0. The Morgan fingerprint density at radius 1 is 1.21 bits per heavy atom. The highest BCUT2D eigenvalue weighted by Crippen LogP contribution is 2.34. The first-order chi connectivity index (χ1) is 13.4. The first-order valence-corrected chi connectivity index (χ1v) is 9.59. The summed E-state index contributed by atoms with van der Waals surface area (Å²) in [5.41, 5.74) is 14.2. The van der Waals surface area contributed by atoms with Crippen molar-refractivity contribution in [2.24, 2.45) is 0 Å². The van der Waals surface area contributed by atoms with Crippen molar-refractivity contribution in [2.75, 3.05) is 12.8 Å². The number of anilines is 1. The van der Waals surface area contributed by atoms with Crippen LogP contribution in [0.25, 0.3) is 10.2 Å². The van der Waals surface area contributed by atoms with E-state index < -0.39 is 5.91 Å². The Balaban J connectivity index is 1.62. The van der Waals surface area contributed by atoms with Gasteiger partial charge in [-0.25, -0.2) is 4.98 Å². The Kier molecular flexibility index (Phi) is 5.79. The van der Waals surface area contributed by atoms with E-state index in [0.717, 1.165) is 28.0 Å². The van der Waals surface area contributed by atoms with Crippen molar-refractivity contribution in [3.8, 4) is 5.75 Å². The number of aromatic nitrogens is 1. The van der Waals surface area contributed by atoms with Crippen LogP contribution in [0.4, 0.5) is 5.69 Å². The minimum Gasteiger partial charge on any atom is -0.496 e. The molecule has 0 unspecified atom stereocenters. The number of methoxy groups -OCH3 is 1. The van der Waals surface area contributed by atoms with E-state index in [4.69, 9.17) is 10.5 Å². The number of para-hydroxylation sites is 1. The van der Waals surface area contributed by atoms with Gasteiger partial charge in [0.25, 0.3) is 5.91 Å². The van der Waals surface area contributed by atoms with Crippen LogP contribution >= 0.6 is 11.3 Å². The first kappa shape index (κ1) is 19.6. The summed E-state index contributed by atoms with van der Waals surface area (Å²) in [5.74, 6) is -0.0252. The molecule has 0 aliphatic heterocycles. The van der Waals surface area contributed by atoms with Crippen LogP contribution in [0, 0.1) is 13.8 Å². The molecule has 0 fully saturated rings. The molecule has 4 N–H and O–H groups in total. The molecule has 3 rings (SSSR count). The summed E-state index contributed by atoms with van der Waals surface area (Å²) in [7, 11) is 1.59. The molecule has 0 saturated carbocycles. The minimum atomic E-state index is -0.455. The van der Waals surface area contributed by atoms with E-state index in [1.54, 1.807) is 7.11 Å². The zero-order chi connectivity index (χ0) is 20.3. The Bertz CT molecular complexity index is 1050. The van der Waals surface area contributed by atoms with E-state index in [9.17, 15) is 9.59 Å². The van der Waals surface area contributed by atoms with Gasteiger partial charge in [-0.1, -0.05) is 18.2 Å². The van der Waals surface area contributed by atoms with Crippen LogP contribution in [0.5, 0.6) is 5.75 Å². The van der Waals surface area contributed by atoms with Gasteiger partial charge in [0.05, 0.1) is 12.8 Å². The van der Waals surface area contributed by atoms with Crippen LogP contribution in [0.3, 0.4) is 0 Å². The van der Waals surface area contributed by atoms with Gasteiger partial charge in [-0.05, 0) is 43.5 Å². The van der Waals surface area contributed by atoms with Crippen molar-refractivity contribution >= 4 is 39.1 Å². The average Bonchev–Trinajstić information content (AvgIpc) is 3.01.